The van der Waals surface area contributed by atoms with Crippen LogP contribution in [0.4, 0.5) is 11.4 Å². The van der Waals surface area contributed by atoms with E-state index in [1.165, 1.54) is 12.1 Å². The number of anilines is 2. The predicted molar refractivity (Wildman–Crippen MR) is 47.2 cm³/mol. The second-order valence-corrected chi connectivity index (χ2v) is 2.56. The summed E-state index contributed by atoms with van der Waals surface area (Å²) in [6, 6.07) is 2.65. The van der Waals surface area contributed by atoms with Crippen molar-refractivity contribution >= 4 is 29.4 Å². The Morgan fingerprint density at radius 3 is 2.83 bits per heavy atom. The third-order valence-electron chi connectivity index (χ3n) is 1.33. The smallest absolute Gasteiger partial charge is 0.211 e. The van der Waals surface area contributed by atoms with Crippen molar-refractivity contribution in [3.05, 3.63) is 17.2 Å². The summed E-state index contributed by atoms with van der Waals surface area (Å²) < 4.78 is 0. The summed E-state index contributed by atoms with van der Waals surface area (Å²) in [6.07, 6.45) is 0.446. The number of nitrogens with two attached hydrogens (primary N) is 1. The summed E-state index contributed by atoms with van der Waals surface area (Å²) >= 11 is 5.63. The molecule has 1 aromatic carbocycles. The van der Waals surface area contributed by atoms with E-state index in [9.17, 15) is 9.90 Å². The van der Waals surface area contributed by atoms with Crippen LogP contribution < -0.4 is 11.1 Å². The lowest BCUT2D eigenvalue weighted by molar-refractivity contribution is -0.105. The number of nitrogens with one attached hydrogen (secondary N) is 1. The second kappa shape index (κ2) is 3.32. The molecule has 1 amide bonds. The number of hydrogen-bond donors (Lipinski definition) is 3. The SMILES string of the molecule is Nc1cc(O)c(NC=O)cc1Cl. The average molecular weight is 187 g/mol. The molecule has 0 aromatic heterocycles. The second-order valence-electron chi connectivity index (χ2n) is 2.15. The van der Waals surface area contributed by atoms with E-state index in [1.807, 2.05) is 0 Å². The summed E-state index contributed by atoms with van der Waals surface area (Å²) in [7, 11) is 0. The van der Waals surface area contributed by atoms with E-state index in [0.717, 1.165) is 0 Å². The normalized spacial score (nSPS) is 9.42. The van der Waals surface area contributed by atoms with Crippen molar-refractivity contribution in [1.29, 1.82) is 0 Å². The molecule has 1 aromatic rings. The lowest BCUT2D eigenvalue weighted by Crippen LogP contribution is -1.95. The van der Waals surface area contributed by atoms with Gasteiger partial charge in [-0.15, -0.1) is 0 Å². The van der Waals surface area contributed by atoms with Crippen molar-refractivity contribution in [3.8, 4) is 5.75 Å². The van der Waals surface area contributed by atoms with E-state index >= 15 is 0 Å². The molecule has 0 unspecified atom stereocenters. The Morgan fingerprint density at radius 1 is 1.58 bits per heavy atom. The fourth-order valence-corrected chi connectivity index (χ4v) is 0.921. The molecule has 0 aliphatic rings. The first-order chi connectivity index (χ1) is 5.65. The number of benzene rings is 1. The van der Waals surface area contributed by atoms with Gasteiger partial charge in [-0.2, -0.15) is 0 Å². The molecule has 0 fully saturated rings. The number of hydrogen-bond acceptors (Lipinski definition) is 3. The van der Waals surface area contributed by atoms with Crippen molar-refractivity contribution in [2.75, 3.05) is 11.1 Å². The number of carbonyl (C=O) groups excluding carboxylic acids is 1. The summed E-state index contributed by atoms with van der Waals surface area (Å²) in [5.41, 5.74) is 5.89. The van der Waals surface area contributed by atoms with Gasteiger partial charge >= 0.3 is 0 Å². The predicted octanol–water partition coefficient (Wildman–Crippen LogP) is 1.20. The highest BCUT2D eigenvalue weighted by atomic mass is 35.5. The van der Waals surface area contributed by atoms with Gasteiger partial charge in [-0.1, -0.05) is 11.6 Å². The van der Waals surface area contributed by atoms with Crippen LogP contribution in [-0.4, -0.2) is 11.5 Å². The average Bonchev–Trinajstić information content (AvgIpc) is 2.01. The number of aromatic hydroxyl groups is 1. The number of nitrogen functional groups attached to an aromatic ring is 1. The van der Waals surface area contributed by atoms with Crippen LogP contribution in [0.25, 0.3) is 0 Å². The van der Waals surface area contributed by atoms with Crippen molar-refractivity contribution < 1.29 is 9.90 Å². The van der Waals surface area contributed by atoms with Gasteiger partial charge in [-0.3, -0.25) is 4.79 Å². The molecule has 0 spiro atoms. The van der Waals surface area contributed by atoms with E-state index in [0.29, 0.717) is 6.41 Å². The lowest BCUT2D eigenvalue weighted by atomic mass is 10.2. The summed E-state index contributed by atoms with van der Waals surface area (Å²) in [6.45, 7) is 0. The third-order valence-corrected chi connectivity index (χ3v) is 1.66. The quantitative estimate of drug-likeness (QED) is 0.369. The summed E-state index contributed by atoms with van der Waals surface area (Å²) in [5.74, 6) is -0.107. The number of halogens is 1. The van der Waals surface area contributed by atoms with Crippen molar-refractivity contribution in [1.82, 2.24) is 0 Å². The molecule has 4 nitrogen and oxygen atoms in total. The fourth-order valence-electron chi connectivity index (χ4n) is 0.757. The van der Waals surface area contributed by atoms with Crippen molar-refractivity contribution in [2.24, 2.45) is 0 Å². The van der Waals surface area contributed by atoms with Gasteiger partial charge in [0.25, 0.3) is 0 Å². The highest BCUT2D eigenvalue weighted by Gasteiger charge is 2.04. The molecule has 64 valence electrons. The molecule has 5 heteroatoms. The lowest BCUT2D eigenvalue weighted by Gasteiger charge is -2.04. The summed E-state index contributed by atoms with van der Waals surface area (Å²) in [4.78, 5) is 10.0. The van der Waals surface area contributed by atoms with Crippen LogP contribution in [0.5, 0.6) is 5.75 Å². The molecule has 0 aliphatic heterocycles. The van der Waals surface area contributed by atoms with Crippen LogP contribution in [0, 0.1) is 0 Å². The summed E-state index contributed by atoms with van der Waals surface area (Å²) in [5, 5.41) is 11.7. The highest BCUT2D eigenvalue weighted by Crippen LogP contribution is 2.31. The minimum Gasteiger partial charge on any atom is -0.506 e. The molecule has 0 bridgehead atoms. The maximum Gasteiger partial charge on any atom is 0.211 e. The van der Waals surface area contributed by atoms with E-state index in [2.05, 4.69) is 5.32 Å². The number of rotatable bonds is 2. The van der Waals surface area contributed by atoms with E-state index in [-0.39, 0.29) is 22.1 Å². The van der Waals surface area contributed by atoms with Crippen molar-refractivity contribution in [3.63, 3.8) is 0 Å². The van der Waals surface area contributed by atoms with Gasteiger partial charge in [0.15, 0.2) is 0 Å². The first kappa shape index (κ1) is 8.67. The van der Waals surface area contributed by atoms with Crippen molar-refractivity contribution in [2.45, 2.75) is 0 Å². The topological polar surface area (TPSA) is 75.3 Å². The Morgan fingerprint density at radius 2 is 2.25 bits per heavy atom. The fraction of sp³-hybridized carbons (Fsp3) is 0. The first-order valence-electron chi connectivity index (χ1n) is 3.13. The molecule has 0 heterocycles. The standard InChI is InChI=1S/C7H7ClN2O2/c8-4-1-6(10-3-11)7(12)2-5(4)9/h1-3,12H,9H2,(H,10,11). The Kier molecular flexibility index (Phi) is 2.40. The molecule has 0 radical (unpaired) electrons. The molecule has 4 N–H and O–H groups in total. The first-order valence-corrected chi connectivity index (χ1v) is 3.51. The van der Waals surface area contributed by atoms with Gasteiger partial charge < -0.3 is 16.2 Å². The zero-order valence-electron chi connectivity index (χ0n) is 6.04. The third kappa shape index (κ3) is 1.60. The van der Waals surface area contributed by atoms with Gasteiger partial charge in [-0.25, -0.2) is 0 Å². The minimum absolute atomic E-state index is 0.107. The Balaban J connectivity index is 3.13. The number of carbonyl (C=O) groups is 1. The largest absolute Gasteiger partial charge is 0.506 e. The molecule has 1 rings (SSSR count). The van der Waals surface area contributed by atoms with Gasteiger partial charge in [0, 0.05) is 6.07 Å². The molecule has 0 saturated carbocycles. The van der Waals surface area contributed by atoms with Crippen LogP contribution in [-0.2, 0) is 4.79 Å². The maximum absolute atomic E-state index is 10.0. The van der Waals surface area contributed by atoms with E-state index < -0.39 is 0 Å². The van der Waals surface area contributed by atoms with Gasteiger partial charge in [-0.05, 0) is 6.07 Å². The minimum atomic E-state index is -0.107. The van der Waals surface area contributed by atoms with Gasteiger partial charge in [0.05, 0.1) is 16.4 Å². The Labute approximate surface area is 73.9 Å². The van der Waals surface area contributed by atoms with Crippen LogP contribution in [0.15, 0.2) is 12.1 Å². The van der Waals surface area contributed by atoms with Crippen LogP contribution >= 0.6 is 11.6 Å². The molecular formula is C7H7ClN2O2. The molecule has 0 saturated heterocycles. The Bertz CT molecular complexity index is 315. The molecule has 12 heavy (non-hydrogen) atoms. The zero-order chi connectivity index (χ0) is 9.14. The molecular weight excluding hydrogens is 180 g/mol. The molecule has 0 aliphatic carbocycles. The van der Waals surface area contributed by atoms with Crippen LogP contribution in [0.1, 0.15) is 0 Å². The van der Waals surface area contributed by atoms with Crippen LogP contribution in [0.3, 0.4) is 0 Å². The maximum atomic E-state index is 10.0. The van der Waals surface area contributed by atoms with Gasteiger partial charge in [0.1, 0.15) is 5.75 Å². The van der Waals surface area contributed by atoms with Gasteiger partial charge in [0.2, 0.25) is 6.41 Å². The van der Waals surface area contributed by atoms with E-state index in [4.69, 9.17) is 17.3 Å². The number of phenolic OH excluding ortho intramolecular Hbond substituents is 1. The molecule has 0 atom stereocenters. The number of amides is 1. The monoisotopic (exact) mass is 186 g/mol. The van der Waals surface area contributed by atoms with Crippen LogP contribution in [0.2, 0.25) is 5.02 Å². The highest BCUT2D eigenvalue weighted by molar-refractivity contribution is 6.33. The number of phenols is 1. The Hall–Kier alpha value is -1.42. The zero-order valence-corrected chi connectivity index (χ0v) is 6.80. The van der Waals surface area contributed by atoms with E-state index in [1.54, 1.807) is 0 Å².